The normalized spacial score (nSPS) is 17.9. The average Bonchev–Trinajstić information content (AvgIpc) is 3.42. The second-order valence-corrected chi connectivity index (χ2v) is 12.3. The van der Waals surface area contributed by atoms with Crippen molar-refractivity contribution in [3.05, 3.63) is 11.8 Å². The maximum absolute atomic E-state index is 12.4. The molecule has 0 amide bonds. The first-order valence-electron chi connectivity index (χ1n) is 16.3. The number of unbranched alkanes of at least 4 members (excludes halogenated alkanes) is 15. The fourth-order valence-corrected chi connectivity index (χ4v) is 5.82. The molecule has 230 valence electrons. The van der Waals surface area contributed by atoms with E-state index in [9.17, 15) is 4.79 Å². The monoisotopic (exact) mass is 580 g/mol. The van der Waals surface area contributed by atoms with Crippen LogP contribution in [0.15, 0.2) is 6.08 Å². The van der Waals surface area contributed by atoms with Crippen molar-refractivity contribution >= 4 is 23.5 Å². The maximum Gasteiger partial charge on any atom is 0.512 e. The third-order valence-corrected chi connectivity index (χ3v) is 8.69. The lowest BCUT2D eigenvalue weighted by Crippen LogP contribution is -2.55. The molecule has 0 aliphatic carbocycles. The van der Waals surface area contributed by atoms with Gasteiger partial charge in [0, 0.05) is 18.9 Å². The molecule has 0 aromatic carbocycles. The lowest BCUT2D eigenvalue weighted by molar-refractivity contribution is -0.944. The third-order valence-electron chi connectivity index (χ3n) is 8.17. The summed E-state index contributed by atoms with van der Waals surface area (Å²) < 4.78 is 26.6. The number of nitrogens with zero attached hydrogens (tertiary/aromatic N) is 3. The molecule has 0 radical (unpaired) electrons. The van der Waals surface area contributed by atoms with Gasteiger partial charge in [-0.2, -0.15) is 4.37 Å². The van der Waals surface area contributed by atoms with Crippen LogP contribution in [0.1, 0.15) is 142 Å². The average molecular weight is 581 g/mol. The zero-order chi connectivity index (χ0) is 28.9. The molecule has 2 rings (SSSR count). The molecule has 2 atom stereocenters. The van der Waals surface area contributed by atoms with Crippen LogP contribution in [0.25, 0.3) is 5.57 Å². The van der Waals surface area contributed by atoms with Gasteiger partial charge in [-0.3, -0.25) is 4.48 Å². The van der Waals surface area contributed by atoms with Crippen LogP contribution in [-0.2, 0) is 9.47 Å². The van der Waals surface area contributed by atoms with Crippen LogP contribution in [0, 0.1) is 0 Å². The van der Waals surface area contributed by atoms with Gasteiger partial charge in [0.15, 0.2) is 0 Å². The van der Waals surface area contributed by atoms with Crippen molar-refractivity contribution in [1.29, 1.82) is 0 Å². The van der Waals surface area contributed by atoms with Gasteiger partial charge in [-0.15, -0.1) is 4.37 Å². The minimum atomic E-state index is -0.562. The fraction of sp³-hybridized carbons (Fsp3) is 0.844. The first-order chi connectivity index (χ1) is 19.5. The molecule has 1 aliphatic rings. The molecule has 0 N–H and O–H groups in total. The summed E-state index contributed by atoms with van der Waals surface area (Å²) in [7, 11) is 2.13. The van der Waals surface area contributed by atoms with Crippen molar-refractivity contribution < 1.29 is 23.5 Å². The topological polar surface area (TPSA) is 70.5 Å². The van der Waals surface area contributed by atoms with Gasteiger partial charge < -0.3 is 14.2 Å². The minimum absolute atomic E-state index is 0.312. The van der Waals surface area contributed by atoms with Crippen molar-refractivity contribution in [1.82, 2.24) is 8.75 Å². The first kappa shape index (κ1) is 34.5. The van der Waals surface area contributed by atoms with Crippen LogP contribution in [0.2, 0.25) is 0 Å². The Bertz CT molecular complexity index is 831. The van der Waals surface area contributed by atoms with Gasteiger partial charge >= 0.3 is 6.16 Å². The highest BCUT2D eigenvalue weighted by molar-refractivity contribution is 6.99. The lowest BCUT2D eigenvalue weighted by Gasteiger charge is -2.41. The number of hydrogen-bond acceptors (Lipinski definition) is 7. The van der Waals surface area contributed by atoms with Crippen LogP contribution in [-0.4, -0.2) is 59.0 Å². The molecule has 40 heavy (non-hydrogen) atoms. The van der Waals surface area contributed by atoms with Crippen molar-refractivity contribution in [3.63, 3.8) is 0 Å². The van der Waals surface area contributed by atoms with E-state index in [1.165, 1.54) is 102 Å². The molecule has 0 saturated carbocycles. The zero-order valence-corrected chi connectivity index (χ0v) is 26.9. The second-order valence-electron chi connectivity index (χ2n) is 11.8. The second kappa shape index (κ2) is 21.1. The predicted octanol–water partition coefficient (Wildman–Crippen LogP) is 9.32. The van der Waals surface area contributed by atoms with Crippen molar-refractivity contribution in [2.45, 2.75) is 143 Å². The van der Waals surface area contributed by atoms with E-state index < -0.39 is 6.16 Å². The van der Waals surface area contributed by atoms with E-state index in [4.69, 9.17) is 14.2 Å². The molecular formula is C32H58N3O4S+. The molecule has 2 heterocycles. The maximum atomic E-state index is 12.4. The van der Waals surface area contributed by atoms with Gasteiger partial charge in [-0.05, 0) is 12.8 Å². The molecule has 0 fully saturated rings. The summed E-state index contributed by atoms with van der Waals surface area (Å²) in [5.41, 5.74) is 1.95. The molecule has 0 bridgehead atoms. The van der Waals surface area contributed by atoms with E-state index in [2.05, 4.69) is 35.7 Å². The number of likely N-dealkylation sites (N-methyl/N-ethyl adjacent to an activating group) is 1. The molecule has 2 unspecified atom stereocenters. The Morgan fingerprint density at radius 2 is 1.40 bits per heavy atom. The van der Waals surface area contributed by atoms with Gasteiger partial charge in [0.2, 0.25) is 6.23 Å². The largest absolute Gasteiger partial charge is 0.512 e. The van der Waals surface area contributed by atoms with Crippen LogP contribution in [0.4, 0.5) is 4.79 Å². The third kappa shape index (κ3) is 13.8. The Morgan fingerprint density at radius 1 is 0.850 bits per heavy atom. The molecule has 1 aliphatic heterocycles. The van der Waals surface area contributed by atoms with E-state index in [-0.39, 0.29) is 6.23 Å². The molecule has 1 aromatic heterocycles. The van der Waals surface area contributed by atoms with Gasteiger partial charge in [0.1, 0.15) is 12.2 Å². The molecular weight excluding hydrogens is 522 g/mol. The Labute approximate surface area is 249 Å². The summed E-state index contributed by atoms with van der Waals surface area (Å²) in [4.78, 5) is 12.4. The van der Waals surface area contributed by atoms with Gasteiger partial charge in [-0.25, -0.2) is 4.79 Å². The predicted molar refractivity (Wildman–Crippen MR) is 166 cm³/mol. The van der Waals surface area contributed by atoms with Crippen LogP contribution < -0.4 is 4.74 Å². The van der Waals surface area contributed by atoms with E-state index in [1.54, 1.807) is 0 Å². The highest BCUT2D eigenvalue weighted by atomic mass is 32.1. The van der Waals surface area contributed by atoms with Crippen LogP contribution >= 0.6 is 11.7 Å². The zero-order valence-electron chi connectivity index (χ0n) is 26.1. The molecule has 0 saturated heterocycles. The SMILES string of the molecule is CCCCCCCCCCCCCCCOC(=O)OC(C)[N+]1(C)CCC=C(c2nsnc2OCCCCCC)C1. The summed E-state index contributed by atoms with van der Waals surface area (Å²) in [5, 5.41) is 0. The summed E-state index contributed by atoms with van der Waals surface area (Å²) >= 11 is 1.19. The highest BCUT2D eigenvalue weighted by Crippen LogP contribution is 2.31. The molecule has 7 nitrogen and oxygen atoms in total. The molecule has 8 heteroatoms. The number of carbonyl (C=O) groups excluding carboxylic acids is 1. The summed E-state index contributed by atoms with van der Waals surface area (Å²) in [6.07, 6.45) is 23.8. The first-order valence-corrected chi connectivity index (χ1v) is 17.1. The van der Waals surface area contributed by atoms with Gasteiger partial charge in [0.25, 0.3) is 5.88 Å². The summed E-state index contributed by atoms with van der Waals surface area (Å²) in [5.74, 6) is 0.631. The number of aromatic nitrogens is 2. The number of ether oxygens (including phenoxy) is 3. The Morgan fingerprint density at radius 3 is 2.02 bits per heavy atom. The standard InChI is InChI=1S/C32H58N3O4S/c1-5-7-9-11-12-13-14-15-16-17-18-19-21-26-38-32(36)39-28(3)35(4)24-22-23-29(27-35)30-31(34-40-33-30)37-25-20-10-8-6-2/h23,28H,5-22,24-27H2,1-4H3/q+1. The van der Waals surface area contributed by atoms with Crippen molar-refractivity contribution in [2.75, 3.05) is 33.4 Å². The van der Waals surface area contributed by atoms with E-state index in [0.717, 1.165) is 43.5 Å². The van der Waals surface area contributed by atoms with Crippen molar-refractivity contribution in [3.8, 4) is 5.88 Å². The Balaban J connectivity index is 1.59. The van der Waals surface area contributed by atoms with E-state index in [1.807, 2.05) is 6.92 Å². The highest BCUT2D eigenvalue weighted by Gasteiger charge is 2.37. The van der Waals surface area contributed by atoms with Crippen LogP contribution in [0.3, 0.4) is 0 Å². The fourth-order valence-electron chi connectivity index (χ4n) is 5.29. The smallest absolute Gasteiger partial charge is 0.475 e. The lowest BCUT2D eigenvalue weighted by atomic mass is 10.0. The van der Waals surface area contributed by atoms with Gasteiger partial charge in [-0.1, -0.05) is 116 Å². The minimum Gasteiger partial charge on any atom is -0.475 e. The Hall–Kier alpha value is -1.67. The summed E-state index contributed by atoms with van der Waals surface area (Å²) in [6.45, 7) is 9.14. The number of carbonyl (C=O) groups is 1. The van der Waals surface area contributed by atoms with Crippen LogP contribution in [0.5, 0.6) is 5.88 Å². The number of rotatable bonds is 23. The Kier molecular flexibility index (Phi) is 18.2. The quantitative estimate of drug-likeness (QED) is 0.0729. The molecule has 1 aromatic rings. The van der Waals surface area contributed by atoms with Crippen molar-refractivity contribution in [2.24, 2.45) is 0 Å². The van der Waals surface area contributed by atoms with E-state index >= 15 is 0 Å². The number of hydrogen-bond donors (Lipinski definition) is 0. The number of quaternary nitrogens is 1. The van der Waals surface area contributed by atoms with Gasteiger partial charge in [0.05, 0.1) is 38.5 Å². The van der Waals surface area contributed by atoms with E-state index in [0.29, 0.717) is 30.1 Å². The molecule has 0 spiro atoms. The summed E-state index contributed by atoms with van der Waals surface area (Å²) in [6, 6.07) is 0.